The maximum absolute atomic E-state index is 13.0. The second kappa shape index (κ2) is 9.82. The van der Waals surface area contributed by atoms with Gasteiger partial charge in [-0.25, -0.2) is 4.79 Å². The van der Waals surface area contributed by atoms with E-state index in [1.54, 1.807) is 18.2 Å². The van der Waals surface area contributed by atoms with Gasteiger partial charge in [0.2, 0.25) is 5.91 Å². The Labute approximate surface area is 190 Å². The van der Waals surface area contributed by atoms with Gasteiger partial charge in [0.05, 0.1) is 12.5 Å². The van der Waals surface area contributed by atoms with E-state index < -0.39 is 23.4 Å². The van der Waals surface area contributed by atoms with Gasteiger partial charge in [-0.3, -0.25) is 20.4 Å². The summed E-state index contributed by atoms with van der Waals surface area (Å²) in [5.41, 5.74) is 5.58. The Morgan fingerprint density at radius 2 is 1.52 bits per heavy atom. The second-order valence-corrected chi connectivity index (χ2v) is 7.28. The number of ether oxygens (including phenoxy) is 1. The molecular formula is C26H22N2O5. The van der Waals surface area contributed by atoms with Crippen LogP contribution in [0.25, 0.3) is 11.0 Å². The molecule has 166 valence electrons. The molecule has 7 nitrogen and oxygen atoms in total. The van der Waals surface area contributed by atoms with Crippen molar-refractivity contribution in [2.45, 2.75) is 12.8 Å². The predicted molar refractivity (Wildman–Crippen MR) is 124 cm³/mol. The molecule has 2 amide bonds. The molecule has 2 N–H and O–H groups in total. The van der Waals surface area contributed by atoms with Gasteiger partial charge in [-0.05, 0) is 36.2 Å². The first kappa shape index (κ1) is 21.8. The summed E-state index contributed by atoms with van der Waals surface area (Å²) >= 11 is 0. The summed E-state index contributed by atoms with van der Waals surface area (Å²) in [5, 5.41) is 0.556. The number of hydrogen-bond donors (Lipinski definition) is 2. The molecule has 0 aliphatic rings. The molecule has 0 fully saturated rings. The van der Waals surface area contributed by atoms with E-state index in [1.165, 1.54) is 6.07 Å². The van der Waals surface area contributed by atoms with Crippen LogP contribution >= 0.6 is 0 Å². The van der Waals surface area contributed by atoms with Gasteiger partial charge in [-0.15, -0.1) is 0 Å². The van der Waals surface area contributed by atoms with Gasteiger partial charge < -0.3 is 9.15 Å². The molecule has 0 unspecified atom stereocenters. The largest absolute Gasteiger partial charge is 0.494 e. The maximum atomic E-state index is 13.0. The molecule has 0 spiro atoms. The van der Waals surface area contributed by atoms with Crippen LogP contribution in [-0.2, 0) is 4.79 Å². The van der Waals surface area contributed by atoms with Crippen LogP contribution in [0.2, 0.25) is 0 Å². The van der Waals surface area contributed by atoms with Crippen LogP contribution in [-0.4, -0.2) is 18.4 Å². The molecule has 4 rings (SSSR count). The van der Waals surface area contributed by atoms with Gasteiger partial charge in [-0.2, -0.15) is 0 Å². The van der Waals surface area contributed by atoms with Crippen LogP contribution in [0.3, 0.4) is 0 Å². The Hall–Kier alpha value is -4.39. The van der Waals surface area contributed by atoms with E-state index in [-0.39, 0.29) is 5.56 Å². The number of hydrazine groups is 1. The Morgan fingerprint density at radius 1 is 0.879 bits per heavy atom. The molecule has 0 aliphatic carbocycles. The average Bonchev–Trinajstić information content (AvgIpc) is 2.84. The number of amides is 2. The van der Waals surface area contributed by atoms with Gasteiger partial charge >= 0.3 is 5.63 Å². The highest BCUT2D eigenvalue weighted by Crippen LogP contribution is 2.24. The van der Waals surface area contributed by atoms with Crippen LogP contribution in [0.4, 0.5) is 0 Å². The molecule has 1 heterocycles. The van der Waals surface area contributed by atoms with Crippen LogP contribution in [0.5, 0.6) is 5.75 Å². The zero-order valence-electron chi connectivity index (χ0n) is 17.9. The van der Waals surface area contributed by atoms with Gasteiger partial charge in [-0.1, -0.05) is 60.7 Å². The van der Waals surface area contributed by atoms with Crippen molar-refractivity contribution in [1.82, 2.24) is 10.9 Å². The minimum atomic E-state index is -0.814. The van der Waals surface area contributed by atoms with Crippen LogP contribution in [0.1, 0.15) is 34.3 Å². The van der Waals surface area contributed by atoms with E-state index in [0.717, 1.165) is 11.1 Å². The third-order valence-corrected chi connectivity index (χ3v) is 5.09. The molecule has 7 heteroatoms. The number of carbonyl (C=O) groups is 2. The van der Waals surface area contributed by atoms with Gasteiger partial charge in [0.15, 0.2) is 0 Å². The summed E-state index contributed by atoms with van der Waals surface area (Å²) < 4.78 is 10.7. The molecule has 0 radical (unpaired) electrons. The highest BCUT2D eigenvalue weighted by Gasteiger charge is 2.23. The third kappa shape index (κ3) is 4.93. The average molecular weight is 442 g/mol. The zero-order chi connectivity index (χ0) is 23.2. The quantitative estimate of drug-likeness (QED) is 0.350. The van der Waals surface area contributed by atoms with E-state index >= 15 is 0 Å². The first-order chi connectivity index (χ1) is 16.1. The van der Waals surface area contributed by atoms with E-state index in [4.69, 9.17) is 9.15 Å². The number of fused-ring (bicyclic) bond motifs is 1. The van der Waals surface area contributed by atoms with Crippen molar-refractivity contribution in [3.05, 3.63) is 112 Å². The molecule has 4 aromatic rings. The summed E-state index contributed by atoms with van der Waals surface area (Å²) in [6.45, 7) is 2.32. The number of nitrogens with one attached hydrogen (secondary N) is 2. The summed E-state index contributed by atoms with van der Waals surface area (Å²) in [6.07, 6.45) is 0. The monoisotopic (exact) mass is 442 g/mol. The third-order valence-electron chi connectivity index (χ3n) is 5.09. The van der Waals surface area contributed by atoms with Crippen LogP contribution in [0.15, 0.2) is 94.1 Å². The van der Waals surface area contributed by atoms with Crippen LogP contribution < -0.4 is 21.2 Å². The highest BCUT2D eigenvalue weighted by atomic mass is 16.5. The van der Waals surface area contributed by atoms with E-state index in [1.807, 2.05) is 67.6 Å². The first-order valence-electron chi connectivity index (χ1n) is 10.5. The maximum Gasteiger partial charge on any atom is 0.349 e. The molecule has 0 atom stereocenters. The van der Waals surface area contributed by atoms with E-state index in [0.29, 0.717) is 23.3 Å². The summed E-state index contributed by atoms with van der Waals surface area (Å²) in [7, 11) is 0. The fraction of sp³-hybridized carbons (Fsp3) is 0.115. The number of carbonyl (C=O) groups excluding carboxylic acids is 2. The van der Waals surface area contributed by atoms with E-state index in [9.17, 15) is 14.4 Å². The van der Waals surface area contributed by atoms with Crippen molar-refractivity contribution in [2.75, 3.05) is 6.61 Å². The van der Waals surface area contributed by atoms with Gasteiger partial charge in [0.25, 0.3) is 5.91 Å². The lowest BCUT2D eigenvalue weighted by atomic mass is 9.91. The molecular weight excluding hydrogens is 420 g/mol. The Kier molecular flexibility index (Phi) is 6.50. The first-order valence-corrected chi connectivity index (χ1v) is 10.5. The summed E-state index contributed by atoms with van der Waals surface area (Å²) in [6, 6.07) is 24.9. The van der Waals surface area contributed by atoms with Gasteiger partial charge in [0.1, 0.15) is 16.9 Å². The minimum absolute atomic E-state index is 0.220. The summed E-state index contributed by atoms with van der Waals surface area (Å²) in [5.74, 6) is -1.29. The highest BCUT2D eigenvalue weighted by molar-refractivity contribution is 5.98. The molecule has 33 heavy (non-hydrogen) atoms. The topological polar surface area (TPSA) is 97.6 Å². The fourth-order valence-electron chi connectivity index (χ4n) is 3.55. The van der Waals surface area contributed by atoms with Crippen molar-refractivity contribution >= 4 is 22.8 Å². The molecule has 0 aliphatic heterocycles. The lowest BCUT2D eigenvalue weighted by molar-refractivity contribution is -0.122. The van der Waals surface area contributed by atoms with Gasteiger partial charge in [0, 0.05) is 11.5 Å². The molecule has 1 aromatic heterocycles. The van der Waals surface area contributed by atoms with Crippen LogP contribution in [0, 0.1) is 0 Å². The minimum Gasteiger partial charge on any atom is -0.494 e. The number of benzene rings is 3. The standard InChI is InChI=1S/C26H22N2O5/c1-2-32-20-14-13-19-15-21(26(31)33-22(19)16-20)24(29)27-28-25(30)23(17-9-5-3-6-10-17)18-11-7-4-8-12-18/h3-16,23H,2H2,1H3,(H,27,29)(H,28,30). The smallest absolute Gasteiger partial charge is 0.349 e. The van der Waals surface area contributed by atoms with Crippen molar-refractivity contribution in [3.63, 3.8) is 0 Å². The normalized spacial score (nSPS) is 10.7. The van der Waals surface area contributed by atoms with Crippen molar-refractivity contribution < 1.29 is 18.7 Å². The van der Waals surface area contributed by atoms with Crippen molar-refractivity contribution in [2.24, 2.45) is 0 Å². The lowest BCUT2D eigenvalue weighted by Crippen LogP contribution is -2.45. The predicted octanol–water partition coefficient (Wildman–Crippen LogP) is 3.78. The zero-order valence-corrected chi connectivity index (χ0v) is 17.9. The molecule has 0 bridgehead atoms. The van der Waals surface area contributed by atoms with E-state index in [2.05, 4.69) is 10.9 Å². The lowest BCUT2D eigenvalue weighted by Gasteiger charge is -2.18. The summed E-state index contributed by atoms with van der Waals surface area (Å²) in [4.78, 5) is 38.1. The Bertz CT molecular complexity index is 1290. The molecule has 0 saturated carbocycles. The van der Waals surface area contributed by atoms with Crippen molar-refractivity contribution in [1.29, 1.82) is 0 Å². The Balaban J connectivity index is 1.54. The molecule has 3 aromatic carbocycles. The fourth-order valence-corrected chi connectivity index (χ4v) is 3.55. The second-order valence-electron chi connectivity index (χ2n) is 7.28. The molecule has 0 saturated heterocycles. The number of hydrogen-bond acceptors (Lipinski definition) is 5. The van der Waals surface area contributed by atoms with Crippen molar-refractivity contribution in [3.8, 4) is 5.75 Å². The Morgan fingerprint density at radius 3 is 2.12 bits per heavy atom. The SMILES string of the molecule is CCOc1ccc2cc(C(=O)NNC(=O)C(c3ccccc3)c3ccccc3)c(=O)oc2c1. The number of rotatable bonds is 6.